The van der Waals surface area contributed by atoms with Gasteiger partial charge in [-0.15, -0.1) is 6.58 Å². The Labute approximate surface area is 136 Å². The van der Waals surface area contributed by atoms with E-state index in [0.717, 1.165) is 25.9 Å². The second kappa shape index (κ2) is 5.53. The summed E-state index contributed by atoms with van der Waals surface area (Å²) in [5, 5.41) is 1.36. The molecule has 0 saturated carbocycles. The van der Waals surface area contributed by atoms with Gasteiger partial charge < -0.3 is 9.72 Å². The maximum absolute atomic E-state index is 12.1. The highest BCUT2D eigenvalue weighted by Crippen LogP contribution is 2.44. The van der Waals surface area contributed by atoms with Crippen molar-refractivity contribution in [3.8, 4) is 0 Å². The van der Waals surface area contributed by atoms with Gasteiger partial charge >= 0.3 is 5.97 Å². The molecule has 2 heterocycles. The molecule has 1 aliphatic heterocycles. The number of carbonyl (C=O) groups excluding carboxylic acids is 1. The molecule has 23 heavy (non-hydrogen) atoms. The standard InChI is InChI=1S/C19H22N2O2/c1-3-7-21-11-13(19(22)23-2)8-15-14-5-4-6-16-18(14)12(10-20-16)9-17(15)21/h3-6,10,13,15,17,20H,1,7-9,11H2,2H3/t13?,15?,17-/m1/s1. The van der Waals surface area contributed by atoms with Crippen LogP contribution in [0.4, 0.5) is 0 Å². The summed E-state index contributed by atoms with van der Waals surface area (Å²) in [5.41, 5.74) is 3.96. The zero-order chi connectivity index (χ0) is 16.0. The Morgan fingerprint density at radius 1 is 1.52 bits per heavy atom. The molecule has 1 aromatic heterocycles. The van der Waals surface area contributed by atoms with Crippen LogP contribution >= 0.6 is 0 Å². The number of piperidine rings is 1. The van der Waals surface area contributed by atoms with Crippen molar-refractivity contribution in [1.29, 1.82) is 0 Å². The van der Waals surface area contributed by atoms with Crippen molar-refractivity contribution in [2.75, 3.05) is 20.2 Å². The number of methoxy groups -OCH3 is 1. The van der Waals surface area contributed by atoms with Crippen LogP contribution in [0.5, 0.6) is 0 Å². The number of carbonyl (C=O) groups is 1. The van der Waals surface area contributed by atoms with Crippen molar-refractivity contribution in [2.45, 2.75) is 24.8 Å². The number of aromatic amines is 1. The molecule has 1 aromatic carbocycles. The summed E-state index contributed by atoms with van der Waals surface area (Å²) in [6, 6.07) is 6.90. The lowest BCUT2D eigenvalue weighted by Gasteiger charge is -2.46. The molecular formula is C19H22N2O2. The highest BCUT2D eigenvalue weighted by atomic mass is 16.5. The number of benzene rings is 1. The van der Waals surface area contributed by atoms with Crippen LogP contribution in [-0.2, 0) is 16.0 Å². The lowest BCUT2D eigenvalue weighted by molar-refractivity contribution is -0.148. The molecule has 2 unspecified atom stereocenters. The van der Waals surface area contributed by atoms with E-state index in [1.54, 1.807) is 0 Å². The average Bonchev–Trinajstić information content (AvgIpc) is 2.99. The number of hydrogen-bond donors (Lipinski definition) is 1. The first-order valence-electron chi connectivity index (χ1n) is 8.24. The lowest BCUT2D eigenvalue weighted by Crippen LogP contribution is -2.51. The van der Waals surface area contributed by atoms with Crippen molar-refractivity contribution >= 4 is 16.9 Å². The molecular weight excluding hydrogens is 288 g/mol. The van der Waals surface area contributed by atoms with Crippen LogP contribution in [0.2, 0.25) is 0 Å². The van der Waals surface area contributed by atoms with Crippen LogP contribution in [-0.4, -0.2) is 42.1 Å². The van der Waals surface area contributed by atoms with Crippen LogP contribution in [0.3, 0.4) is 0 Å². The monoisotopic (exact) mass is 310 g/mol. The number of likely N-dealkylation sites (tertiary alicyclic amines) is 1. The zero-order valence-corrected chi connectivity index (χ0v) is 13.4. The largest absolute Gasteiger partial charge is 0.469 e. The van der Waals surface area contributed by atoms with Crippen LogP contribution in [0.1, 0.15) is 23.5 Å². The van der Waals surface area contributed by atoms with Crippen molar-refractivity contribution in [1.82, 2.24) is 9.88 Å². The van der Waals surface area contributed by atoms with Crippen LogP contribution in [0.25, 0.3) is 10.9 Å². The summed E-state index contributed by atoms with van der Waals surface area (Å²) in [6.45, 7) is 5.46. The fraction of sp³-hybridized carbons (Fsp3) is 0.421. The molecule has 2 aromatic rings. The van der Waals surface area contributed by atoms with E-state index in [4.69, 9.17) is 4.74 Å². The number of esters is 1. The van der Waals surface area contributed by atoms with Gasteiger partial charge in [-0.3, -0.25) is 9.69 Å². The fourth-order valence-corrected chi connectivity index (χ4v) is 4.51. The lowest BCUT2D eigenvalue weighted by atomic mass is 9.72. The number of rotatable bonds is 3. The van der Waals surface area contributed by atoms with Crippen LogP contribution in [0.15, 0.2) is 37.1 Å². The van der Waals surface area contributed by atoms with Crippen molar-refractivity contribution in [3.63, 3.8) is 0 Å². The Kier molecular flexibility index (Phi) is 3.49. The molecule has 1 fully saturated rings. The van der Waals surface area contributed by atoms with Gasteiger partial charge in [-0.25, -0.2) is 0 Å². The molecule has 4 nitrogen and oxygen atoms in total. The van der Waals surface area contributed by atoms with Crippen LogP contribution < -0.4 is 0 Å². The van der Waals surface area contributed by atoms with Crippen molar-refractivity contribution < 1.29 is 9.53 Å². The number of ether oxygens (including phenoxy) is 1. The Morgan fingerprint density at radius 3 is 3.17 bits per heavy atom. The predicted molar refractivity (Wildman–Crippen MR) is 90.4 cm³/mol. The summed E-state index contributed by atoms with van der Waals surface area (Å²) in [7, 11) is 1.48. The Hall–Kier alpha value is -2.07. The summed E-state index contributed by atoms with van der Waals surface area (Å²) >= 11 is 0. The molecule has 2 aliphatic rings. The molecule has 0 spiro atoms. The molecule has 120 valence electrons. The smallest absolute Gasteiger partial charge is 0.309 e. The van der Waals surface area contributed by atoms with Gasteiger partial charge in [-0.1, -0.05) is 18.2 Å². The third-order valence-electron chi connectivity index (χ3n) is 5.47. The maximum Gasteiger partial charge on any atom is 0.309 e. The zero-order valence-electron chi connectivity index (χ0n) is 13.4. The number of nitrogens with zero attached hydrogens (tertiary/aromatic N) is 1. The first-order valence-corrected chi connectivity index (χ1v) is 8.24. The highest BCUT2D eigenvalue weighted by Gasteiger charge is 2.42. The van der Waals surface area contributed by atoms with Gasteiger partial charge in [0.15, 0.2) is 0 Å². The van der Waals surface area contributed by atoms with E-state index in [-0.39, 0.29) is 11.9 Å². The first-order chi connectivity index (χ1) is 11.2. The Morgan fingerprint density at radius 2 is 2.39 bits per heavy atom. The maximum atomic E-state index is 12.1. The molecule has 0 amide bonds. The molecule has 0 radical (unpaired) electrons. The summed E-state index contributed by atoms with van der Waals surface area (Å²) in [4.78, 5) is 17.9. The second-order valence-electron chi connectivity index (χ2n) is 6.66. The predicted octanol–water partition coefficient (Wildman–Crippen LogP) is 2.86. The Balaban J connectivity index is 1.79. The molecule has 3 atom stereocenters. The second-order valence-corrected chi connectivity index (χ2v) is 6.66. The fourth-order valence-electron chi connectivity index (χ4n) is 4.51. The number of nitrogens with one attached hydrogen (secondary N) is 1. The van der Waals surface area contributed by atoms with Gasteiger partial charge in [0, 0.05) is 42.1 Å². The first kappa shape index (κ1) is 14.5. The summed E-state index contributed by atoms with van der Waals surface area (Å²) in [6.07, 6.45) is 5.98. The SMILES string of the molecule is C=CCN1CC(C(=O)OC)CC2c3cccc4[nH]cc(c34)C[C@H]21. The van der Waals surface area contributed by atoms with Gasteiger partial charge in [-0.05, 0) is 30.0 Å². The third-order valence-corrected chi connectivity index (χ3v) is 5.47. The van der Waals surface area contributed by atoms with E-state index in [0.29, 0.717) is 12.0 Å². The van der Waals surface area contributed by atoms with Gasteiger partial charge in [0.05, 0.1) is 13.0 Å². The topological polar surface area (TPSA) is 45.3 Å². The minimum Gasteiger partial charge on any atom is -0.469 e. The van der Waals surface area contributed by atoms with E-state index >= 15 is 0 Å². The molecule has 4 heteroatoms. The van der Waals surface area contributed by atoms with E-state index in [1.165, 1.54) is 29.1 Å². The van der Waals surface area contributed by atoms with E-state index in [2.05, 4.69) is 40.9 Å². The molecule has 0 bridgehead atoms. The molecule has 1 N–H and O–H groups in total. The van der Waals surface area contributed by atoms with E-state index < -0.39 is 0 Å². The quantitative estimate of drug-likeness (QED) is 0.700. The molecule has 1 aliphatic carbocycles. The Bertz CT molecular complexity index is 764. The molecule has 4 rings (SSSR count). The minimum absolute atomic E-state index is 0.0584. The normalized spacial score (nSPS) is 26.7. The van der Waals surface area contributed by atoms with Gasteiger partial charge in [0.25, 0.3) is 0 Å². The number of aromatic nitrogens is 1. The highest BCUT2D eigenvalue weighted by molar-refractivity contribution is 5.88. The minimum atomic E-state index is -0.0930. The van der Waals surface area contributed by atoms with Gasteiger partial charge in [-0.2, -0.15) is 0 Å². The number of H-pyrrole nitrogens is 1. The van der Waals surface area contributed by atoms with Crippen molar-refractivity contribution in [3.05, 3.63) is 48.2 Å². The third kappa shape index (κ3) is 2.20. The van der Waals surface area contributed by atoms with E-state index in [9.17, 15) is 4.79 Å². The number of hydrogen-bond acceptors (Lipinski definition) is 3. The average molecular weight is 310 g/mol. The summed E-state index contributed by atoms with van der Waals surface area (Å²) < 4.78 is 5.03. The van der Waals surface area contributed by atoms with Crippen molar-refractivity contribution in [2.24, 2.45) is 5.92 Å². The molecule has 1 saturated heterocycles. The summed E-state index contributed by atoms with van der Waals surface area (Å²) in [5.74, 6) is 0.223. The van der Waals surface area contributed by atoms with Crippen LogP contribution in [0, 0.1) is 5.92 Å². The van der Waals surface area contributed by atoms with Gasteiger partial charge in [0.1, 0.15) is 0 Å². The van der Waals surface area contributed by atoms with E-state index in [1.807, 2.05) is 6.08 Å². The van der Waals surface area contributed by atoms with Gasteiger partial charge in [0.2, 0.25) is 0 Å². The number of fused-ring (bicyclic) bond motifs is 2.